The van der Waals surface area contributed by atoms with Gasteiger partial charge in [0.15, 0.2) is 0 Å². The molecule has 1 aliphatic rings. The van der Waals surface area contributed by atoms with E-state index in [-0.39, 0.29) is 0 Å². The zero-order chi connectivity index (χ0) is 18.8. The number of rotatable bonds is 5. The first kappa shape index (κ1) is 17.8. The molecule has 1 fully saturated rings. The van der Waals surface area contributed by atoms with Crippen LogP contribution in [0.4, 0.5) is 5.69 Å². The van der Waals surface area contributed by atoms with E-state index in [9.17, 15) is 0 Å². The van der Waals surface area contributed by atoms with Gasteiger partial charge >= 0.3 is 0 Å². The van der Waals surface area contributed by atoms with Crippen LogP contribution in [0.15, 0.2) is 42.5 Å². The first-order chi connectivity index (χ1) is 13.1. The van der Waals surface area contributed by atoms with Crippen LogP contribution in [0.3, 0.4) is 0 Å². The minimum Gasteiger partial charge on any atom is -0.398 e. The summed E-state index contributed by atoms with van der Waals surface area (Å²) in [5.41, 5.74) is 12.4. The second kappa shape index (κ2) is 7.55. The van der Waals surface area contributed by atoms with Crippen molar-refractivity contribution in [1.29, 1.82) is 5.41 Å². The second-order valence-corrected chi connectivity index (χ2v) is 7.14. The number of morpholine rings is 1. The SMILES string of the molecule is CCc1ccc(C(=N)c2cc3cc(CN4CCOCC4)ccc3[nH]2)c(N)c1. The molecule has 0 spiro atoms. The van der Waals surface area contributed by atoms with Crippen LogP contribution in [0.5, 0.6) is 0 Å². The van der Waals surface area contributed by atoms with E-state index in [0.717, 1.165) is 61.4 Å². The zero-order valence-corrected chi connectivity index (χ0v) is 15.7. The fourth-order valence-electron chi connectivity index (χ4n) is 3.64. The number of nitrogen functional groups attached to an aromatic ring is 1. The summed E-state index contributed by atoms with van der Waals surface area (Å²) in [7, 11) is 0. The van der Waals surface area contributed by atoms with Crippen LogP contribution in [0.1, 0.15) is 29.3 Å². The van der Waals surface area contributed by atoms with E-state index in [1.807, 2.05) is 24.3 Å². The lowest BCUT2D eigenvalue weighted by molar-refractivity contribution is 0.0342. The van der Waals surface area contributed by atoms with Gasteiger partial charge in [0.1, 0.15) is 0 Å². The Morgan fingerprint density at radius 3 is 2.63 bits per heavy atom. The van der Waals surface area contributed by atoms with Crippen LogP contribution >= 0.6 is 0 Å². The number of nitrogens with zero attached hydrogens (tertiary/aromatic N) is 1. The number of nitrogens with two attached hydrogens (primary N) is 1. The molecule has 0 radical (unpaired) electrons. The van der Waals surface area contributed by atoms with E-state index >= 15 is 0 Å². The van der Waals surface area contributed by atoms with Crippen molar-refractivity contribution in [2.45, 2.75) is 19.9 Å². The van der Waals surface area contributed by atoms with E-state index in [4.69, 9.17) is 15.9 Å². The molecule has 4 N–H and O–H groups in total. The van der Waals surface area contributed by atoms with Gasteiger partial charge in [0, 0.05) is 41.8 Å². The number of hydrogen-bond donors (Lipinski definition) is 3. The fraction of sp³-hybridized carbons (Fsp3) is 0.318. The summed E-state index contributed by atoms with van der Waals surface area (Å²) in [5.74, 6) is 0. The molecule has 2 aromatic carbocycles. The highest BCUT2D eigenvalue weighted by molar-refractivity contribution is 6.14. The molecule has 4 rings (SSSR count). The van der Waals surface area contributed by atoms with Crippen molar-refractivity contribution < 1.29 is 4.74 Å². The Morgan fingerprint density at radius 1 is 1.11 bits per heavy atom. The minimum absolute atomic E-state index is 0.432. The summed E-state index contributed by atoms with van der Waals surface area (Å²) in [6, 6.07) is 14.5. The highest BCUT2D eigenvalue weighted by Gasteiger charge is 2.14. The van der Waals surface area contributed by atoms with E-state index in [2.05, 4.69) is 35.0 Å². The molecule has 5 heteroatoms. The third-order valence-electron chi connectivity index (χ3n) is 5.26. The summed E-state index contributed by atoms with van der Waals surface area (Å²) < 4.78 is 5.42. The van der Waals surface area contributed by atoms with E-state index in [1.165, 1.54) is 11.1 Å². The van der Waals surface area contributed by atoms with Crippen molar-refractivity contribution in [3.05, 3.63) is 64.8 Å². The van der Waals surface area contributed by atoms with Crippen molar-refractivity contribution >= 4 is 22.3 Å². The van der Waals surface area contributed by atoms with Crippen LogP contribution < -0.4 is 5.73 Å². The number of aromatic amines is 1. The summed E-state index contributed by atoms with van der Waals surface area (Å²) in [6.45, 7) is 6.62. The Balaban J connectivity index is 1.58. The number of nitrogens with one attached hydrogen (secondary N) is 2. The molecular weight excluding hydrogens is 336 g/mol. The van der Waals surface area contributed by atoms with Crippen molar-refractivity contribution in [2.75, 3.05) is 32.0 Å². The Bertz CT molecular complexity index is 970. The van der Waals surface area contributed by atoms with E-state index in [0.29, 0.717) is 11.4 Å². The van der Waals surface area contributed by atoms with Gasteiger partial charge in [0.25, 0.3) is 0 Å². The maximum atomic E-state index is 8.60. The molecule has 5 nitrogen and oxygen atoms in total. The molecule has 1 saturated heterocycles. The molecule has 0 unspecified atom stereocenters. The third kappa shape index (κ3) is 3.75. The van der Waals surface area contributed by atoms with Crippen LogP contribution in [0.25, 0.3) is 10.9 Å². The van der Waals surface area contributed by atoms with Crippen LogP contribution in [-0.4, -0.2) is 41.9 Å². The molecule has 3 aromatic rings. The van der Waals surface area contributed by atoms with Crippen LogP contribution in [0.2, 0.25) is 0 Å². The van der Waals surface area contributed by atoms with Gasteiger partial charge in [-0.1, -0.05) is 25.1 Å². The van der Waals surface area contributed by atoms with Crippen molar-refractivity contribution in [3.8, 4) is 0 Å². The van der Waals surface area contributed by atoms with Crippen molar-refractivity contribution in [1.82, 2.24) is 9.88 Å². The molecule has 0 amide bonds. The number of aryl methyl sites for hydroxylation is 1. The lowest BCUT2D eigenvalue weighted by Crippen LogP contribution is -2.35. The van der Waals surface area contributed by atoms with Gasteiger partial charge < -0.3 is 15.5 Å². The van der Waals surface area contributed by atoms with Gasteiger partial charge in [0.05, 0.1) is 24.6 Å². The van der Waals surface area contributed by atoms with Gasteiger partial charge in [-0.05, 0) is 41.8 Å². The van der Waals surface area contributed by atoms with Gasteiger partial charge in [-0.3, -0.25) is 10.3 Å². The van der Waals surface area contributed by atoms with Crippen molar-refractivity contribution in [3.63, 3.8) is 0 Å². The summed E-state index contributed by atoms with van der Waals surface area (Å²) >= 11 is 0. The topological polar surface area (TPSA) is 78.1 Å². The Labute approximate surface area is 159 Å². The molecule has 140 valence electrons. The normalized spacial score (nSPS) is 15.3. The molecule has 2 heterocycles. The average molecular weight is 362 g/mol. The average Bonchev–Trinajstić information content (AvgIpc) is 3.11. The second-order valence-electron chi connectivity index (χ2n) is 7.14. The third-order valence-corrected chi connectivity index (χ3v) is 5.26. The molecule has 1 aromatic heterocycles. The fourth-order valence-corrected chi connectivity index (χ4v) is 3.64. The zero-order valence-electron chi connectivity index (χ0n) is 15.7. The summed E-state index contributed by atoms with van der Waals surface area (Å²) in [5, 5.41) is 9.73. The number of hydrogen-bond acceptors (Lipinski definition) is 4. The first-order valence-corrected chi connectivity index (χ1v) is 9.53. The highest BCUT2D eigenvalue weighted by Crippen LogP contribution is 2.23. The maximum absolute atomic E-state index is 8.60. The molecule has 0 saturated carbocycles. The molecule has 0 bridgehead atoms. The number of benzene rings is 2. The van der Waals surface area contributed by atoms with Crippen molar-refractivity contribution in [2.24, 2.45) is 0 Å². The van der Waals surface area contributed by atoms with Gasteiger partial charge in [-0.2, -0.15) is 0 Å². The standard InChI is InChI=1S/C22H26N4O/c1-2-15-3-5-18(19(23)12-15)22(24)21-13-17-11-16(4-6-20(17)25-21)14-26-7-9-27-10-8-26/h3-6,11-13,24-25H,2,7-10,14,23H2,1H3. The molecular formula is C22H26N4O. The van der Waals surface area contributed by atoms with Gasteiger partial charge in [0.2, 0.25) is 0 Å². The maximum Gasteiger partial charge on any atom is 0.0867 e. The minimum atomic E-state index is 0.432. The summed E-state index contributed by atoms with van der Waals surface area (Å²) in [4.78, 5) is 5.78. The molecule has 0 atom stereocenters. The lowest BCUT2D eigenvalue weighted by atomic mass is 10.0. The lowest BCUT2D eigenvalue weighted by Gasteiger charge is -2.26. The number of aromatic nitrogens is 1. The molecule has 0 aliphatic carbocycles. The Hall–Kier alpha value is -2.63. The molecule has 27 heavy (non-hydrogen) atoms. The number of fused-ring (bicyclic) bond motifs is 1. The number of H-pyrrole nitrogens is 1. The molecule has 1 aliphatic heterocycles. The monoisotopic (exact) mass is 362 g/mol. The smallest absolute Gasteiger partial charge is 0.0867 e. The predicted octanol–water partition coefficient (Wildman–Crippen LogP) is 3.56. The van der Waals surface area contributed by atoms with E-state index < -0.39 is 0 Å². The van der Waals surface area contributed by atoms with E-state index in [1.54, 1.807) is 0 Å². The first-order valence-electron chi connectivity index (χ1n) is 9.53. The van der Waals surface area contributed by atoms with Crippen LogP contribution in [-0.2, 0) is 17.7 Å². The summed E-state index contributed by atoms with van der Waals surface area (Å²) in [6.07, 6.45) is 0.941. The van der Waals surface area contributed by atoms with Gasteiger partial charge in [-0.25, -0.2) is 0 Å². The number of anilines is 1. The highest BCUT2D eigenvalue weighted by atomic mass is 16.5. The quantitative estimate of drug-likeness (QED) is 0.480. The Kier molecular flexibility index (Phi) is 4.97. The number of ether oxygens (including phenoxy) is 1. The predicted molar refractivity (Wildman–Crippen MR) is 111 cm³/mol. The largest absolute Gasteiger partial charge is 0.398 e. The Morgan fingerprint density at radius 2 is 1.89 bits per heavy atom. The van der Waals surface area contributed by atoms with Crippen LogP contribution in [0, 0.1) is 5.41 Å². The van der Waals surface area contributed by atoms with Gasteiger partial charge in [-0.15, -0.1) is 0 Å².